The Bertz CT molecular complexity index is 1480. The van der Waals surface area contributed by atoms with E-state index in [2.05, 4.69) is 25.2 Å². The highest BCUT2D eigenvalue weighted by Gasteiger charge is 2.30. The van der Waals surface area contributed by atoms with E-state index in [1.165, 1.54) is 38.1 Å². The van der Waals surface area contributed by atoms with E-state index in [0.717, 1.165) is 28.3 Å². The van der Waals surface area contributed by atoms with Gasteiger partial charge < -0.3 is 10.1 Å². The molecule has 0 aromatic heterocycles. The van der Waals surface area contributed by atoms with Crippen LogP contribution in [0.15, 0.2) is 66.7 Å². The number of thioether (sulfide) groups is 1. The van der Waals surface area contributed by atoms with Crippen LogP contribution in [-0.2, 0) is 31.4 Å². The summed E-state index contributed by atoms with van der Waals surface area (Å²) in [6.07, 6.45) is 3.18. The third-order valence-electron chi connectivity index (χ3n) is 7.92. The lowest BCUT2D eigenvalue weighted by atomic mass is 9.97. The van der Waals surface area contributed by atoms with Gasteiger partial charge in [0.15, 0.2) is 0 Å². The summed E-state index contributed by atoms with van der Waals surface area (Å²) in [6.45, 7) is 6.50. The monoisotopic (exact) mass is 668 g/mol. The fourth-order valence-electron chi connectivity index (χ4n) is 5.27. The van der Waals surface area contributed by atoms with Gasteiger partial charge in [-0.05, 0) is 58.2 Å². The number of fused-ring (bicyclic) bond motifs is 1. The van der Waals surface area contributed by atoms with Crippen molar-refractivity contribution in [3.8, 4) is 0 Å². The maximum absolute atomic E-state index is 13.5. The quantitative estimate of drug-likeness (QED) is 0.0745. The van der Waals surface area contributed by atoms with Gasteiger partial charge >= 0.3 is 5.97 Å². The molecule has 2 amide bonds. The fraction of sp³-hybridized carbons (Fsp3) is 0.441. The highest BCUT2D eigenvalue weighted by molar-refractivity contribution is 7.98. The summed E-state index contributed by atoms with van der Waals surface area (Å²) in [7, 11) is 1.31. The SMILES string of the molecule is CC[C@H](C)[C@@H](CN(CC(=O)N[C@@H](CCSC)C(=O)OC)Cc1cccc2ccccc12)N(SCc1cccc([N+](=O)[O-])c1)C(C)=O. The number of benzene rings is 3. The van der Waals surface area contributed by atoms with Gasteiger partial charge in [-0.25, -0.2) is 4.79 Å². The van der Waals surface area contributed by atoms with Crippen LogP contribution in [0, 0.1) is 16.0 Å². The molecule has 0 aliphatic rings. The van der Waals surface area contributed by atoms with Crippen LogP contribution < -0.4 is 5.32 Å². The van der Waals surface area contributed by atoms with E-state index in [0.29, 0.717) is 31.0 Å². The summed E-state index contributed by atoms with van der Waals surface area (Å²) >= 11 is 2.91. The van der Waals surface area contributed by atoms with Crippen molar-refractivity contribution in [1.29, 1.82) is 0 Å². The van der Waals surface area contributed by atoms with Gasteiger partial charge in [-0.1, -0.05) is 74.9 Å². The Morgan fingerprint density at radius 1 is 1.07 bits per heavy atom. The van der Waals surface area contributed by atoms with Gasteiger partial charge in [-0.3, -0.25) is 28.9 Å². The number of nitrogens with zero attached hydrogens (tertiary/aromatic N) is 3. The molecular formula is C34H44N4O6S2. The van der Waals surface area contributed by atoms with Gasteiger partial charge in [0, 0.05) is 37.9 Å². The van der Waals surface area contributed by atoms with Crippen molar-refractivity contribution in [3.63, 3.8) is 0 Å². The molecule has 0 bridgehead atoms. The lowest BCUT2D eigenvalue weighted by Crippen LogP contribution is -2.50. The average molecular weight is 669 g/mol. The lowest BCUT2D eigenvalue weighted by Gasteiger charge is -2.37. The predicted octanol–water partition coefficient (Wildman–Crippen LogP) is 6.07. The molecule has 3 atom stereocenters. The highest BCUT2D eigenvalue weighted by Crippen LogP contribution is 2.29. The van der Waals surface area contributed by atoms with E-state index < -0.39 is 16.9 Å². The molecule has 248 valence electrons. The van der Waals surface area contributed by atoms with E-state index in [4.69, 9.17) is 4.74 Å². The number of non-ortho nitro benzene ring substituents is 1. The van der Waals surface area contributed by atoms with Crippen LogP contribution in [0.1, 0.15) is 44.7 Å². The smallest absolute Gasteiger partial charge is 0.328 e. The van der Waals surface area contributed by atoms with Crippen LogP contribution in [0.25, 0.3) is 10.8 Å². The molecule has 46 heavy (non-hydrogen) atoms. The van der Waals surface area contributed by atoms with Gasteiger partial charge in [-0.15, -0.1) is 0 Å². The van der Waals surface area contributed by atoms with Crippen LogP contribution in [-0.4, -0.2) is 76.2 Å². The molecule has 3 aromatic carbocycles. The molecule has 1 N–H and O–H groups in total. The summed E-state index contributed by atoms with van der Waals surface area (Å²) in [5, 5.41) is 16.4. The zero-order valence-corrected chi connectivity index (χ0v) is 28.8. The topological polar surface area (TPSA) is 122 Å². The molecule has 0 fully saturated rings. The van der Waals surface area contributed by atoms with E-state index in [-0.39, 0.29) is 36.0 Å². The van der Waals surface area contributed by atoms with Gasteiger partial charge in [0.1, 0.15) is 6.04 Å². The number of rotatable bonds is 18. The Morgan fingerprint density at radius 2 is 1.78 bits per heavy atom. The van der Waals surface area contributed by atoms with Crippen LogP contribution in [0.5, 0.6) is 0 Å². The zero-order chi connectivity index (χ0) is 33.6. The van der Waals surface area contributed by atoms with E-state index >= 15 is 0 Å². The summed E-state index contributed by atoms with van der Waals surface area (Å²) in [5.74, 6) is 0.195. The third kappa shape index (κ3) is 10.7. The molecule has 3 aromatic rings. The van der Waals surface area contributed by atoms with Gasteiger partial charge in [0.2, 0.25) is 11.8 Å². The van der Waals surface area contributed by atoms with E-state index in [9.17, 15) is 24.5 Å². The number of esters is 1. The minimum absolute atomic E-state index is 0.000940. The normalized spacial score (nSPS) is 13.2. The van der Waals surface area contributed by atoms with Crippen LogP contribution in [0.4, 0.5) is 5.69 Å². The summed E-state index contributed by atoms with van der Waals surface area (Å²) in [6, 6.07) is 19.6. The van der Waals surface area contributed by atoms with Crippen molar-refractivity contribution >= 4 is 58.0 Å². The Balaban J connectivity index is 1.92. The number of nitrogens with one attached hydrogen (secondary N) is 1. The molecule has 0 saturated heterocycles. The Morgan fingerprint density at radius 3 is 2.46 bits per heavy atom. The largest absolute Gasteiger partial charge is 0.467 e. The van der Waals surface area contributed by atoms with Crippen molar-refractivity contribution in [2.24, 2.45) is 5.92 Å². The van der Waals surface area contributed by atoms with Crippen LogP contribution in [0.3, 0.4) is 0 Å². The van der Waals surface area contributed by atoms with Crippen molar-refractivity contribution in [1.82, 2.24) is 14.5 Å². The average Bonchev–Trinajstić information content (AvgIpc) is 3.05. The second-order valence-corrected chi connectivity index (χ2v) is 13.2. The second-order valence-electron chi connectivity index (χ2n) is 11.2. The fourth-order valence-corrected chi connectivity index (χ4v) is 6.86. The first kappa shape index (κ1) is 36.9. The zero-order valence-electron chi connectivity index (χ0n) is 27.1. The number of amides is 2. The number of carbonyl (C=O) groups is 3. The van der Waals surface area contributed by atoms with Crippen LogP contribution >= 0.6 is 23.7 Å². The van der Waals surface area contributed by atoms with Gasteiger partial charge in [-0.2, -0.15) is 11.8 Å². The number of ether oxygens (including phenoxy) is 1. The summed E-state index contributed by atoms with van der Waals surface area (Å²) in [4.78, 5) is 52.0. The standard InChI is InChI=1S/C34H44N4O6S2/c1-6-24(2)32(37(25(3)39)46-23-26-11-9-15-29(19-26)38(42)43)21-36(20-28-14-10-13-27-12-7-8-16-30(27)28)22-33(40)35-31(17-18-45-5)34(41)44-4/h7-16,19,24,31-32H,6,17-18,20-23H2,1-5H3,(H,35,40)/t24-,31-,32+/m0/s1. The van der Waals surface area contributed by atoms with Crippen molar-refractivity contribution < 1.29 is 24.0 Å². The molecule has 0 spiro atoms. The molecular weight excluding hydrogens is 625 g/mol. The molecule has 0 heterocycles. The van der Waals surface area contributed by atoms with E-state index in [1.54, 1.807) is 22.1 Å². The van der Waals surface area contributed by atoms with Crippen molar-refractivity contribution in [2.45, 2.75) is 58.0 Å². The lowest BCUT2D eigenvalue weighted by molar-refractivity contribution is -0.384. The van der Waals surface area contributed by atoms with Crippen molar-refractivity contribution in [2.75, 3.05) is 32.2 Å². The van der Waals surface area contributed by atoms with Gasteiger partial charge in [0.25, 0.3) is 5.69 Å². The number of nitro groups is 1. The maximum Gasteiger partial charge on any atom is 0.328 e. The van der Waals surface area contributed by atoms with E-state index in [1.807, 2.05) is 53.6 Å². The van der Waals surface area contributed by atoms with Gasteiger partial charge in [0.05, 0.1) is 24.6 Å². The molecule has 0 aliphatic heterocycles. The molecule has 0 unspecified atom stereocenters. The predicted molar refractivity (Wildman–Crippen MR) is 186 cm³/mol. The number of methoxy groups -OCH3 is 1. The number of nitro benzene ring substituents is 1. The molecule has 3 rings (SSSR count). The summed E-state index contributed by atoms with van der Waals surface area (Å²) < 4.78 is 6.70. The second kappa shape index (κ2) is 18.5. The Kier molecular flexibility index (Phi) is 14.8. The summed E-state index contributed by atoms with van der Waals surface area (Å²) in [5.41, 5.74) is 1.78. The molecule has 10 nitrogen and oxygen atoms in total. The maximum atomic E-state index is 13.5. The number of hydrogen-bond donors (Lipinski definition) is 1. The Labute approximate surface area is 279 Å². The molecule has 0 saturated carbocycles. The molecule has 0 radical (unpaired) electrons. The first-order chi connectivity index (χ1) is 22.1. The minimum atomic E-state index is -0.756. The first-order valence-corrected chi connectivity index (χ1v) is 17.6. The minimum Gasteiger partial charge on any atom is -0.467 e. The number of hydrogen-bond acceptors (Lipinski definition) is 9. The molecule has 12 heteroatoms. The third-order valence-corrected chi connectivity index (χ3v) is 9.83. The molecule has 0 aliphatic carbocycles. The first-order valence-electron chi connectivity index (χ1n) is 15.3. The Hall–Kier alpha value is -3.61. The van der Waals surface area contributed by atoms with Crippen LogP contribution in [0.2, 0.25) is 0 Å². The highest BCUT2D eigenvalue weighted by atomic mass is 32.2. The number of carbonyl (C=O) groups excluding carboxylic acids is 3. The van der Waals surface area contributed by atoms with Crippen molar-refractivity contribution in [3.05, 3.63) is 88.0 Å².